The monoisotopic (exact) mass is 791 g/mol. The smallest absolute Gasteiger partial charge is 0.164 e. The number of fused-ring (bicyclic) bond motifs is 6. The standard InChI is InChI=1S/C57H37N5/c1-4-16-38(17-5-1)41-18-14-19-42(36-41)39-30-32-40(33-31-39)55-58-56(43-34-35-47-46-24-10-12-27-50(46)62(53(47)37-43)45-22-8-3-9-23-45)60-57(59-55)49-26-15-29-52-54(49)48-25-11-13-28-51(48)61(52)44-20-6-2-7-21-44/h1-37H. The van der Waals surface area contributed by atoms with Gasteiger partial charge in [0.1, 0.15) is 0 Å². The van der Waals surface area contributed by atoms with Crippen molar-refractivity contribution in [2.75, 3.05) is 0 Å². The molecular weight excluding hydrogens is 755 g/mol. The van der Waals surface area contributed by atoms with Gasteiger partial charge in [-0.3, -0.25) is 0 Å². The Kier molecular flexibility index (Phi) is 8.42. The summed E-state index contributed by atoms with van der Waals surface area (Å²) in [5, 5.41) is 4.61. The van der Waals surface area contributed by atoms with E-state index in [1.165, 1.54) is 21.9 Å². The highest BCUT2D eigenvalue weighted by molar-refractivity contribution is 6.15. The maximum absolute atomic E-state index is 5.36. The first kappa shape index (κ1) is 35.5. The van der Waals surface area contributed by atoms with E-state index in [0.29, 0.717) is 17.5 Å². The Morgan fingerprint density at radius 3 is 1.40 bits per heavy atom. The molecule has 290 valence electrons. The van der Waals surface area contributed by atoms with Crippen LogP contribution < -0.4 is 0 Å². The van der Waals surface area contributed by atoms with Crippen molar-refractivity contribution in [1.29, 1.82) is 0 Å². The summed E-state index contributed by atoms with van der Waals surface area (Å²) in [6.45, 7) is 0. The van der Waals surface area contributed by atoms with Crippen molar-refractivity contribution in [2.45, 2.75) is 0 Å². The Bertz CT molecular complexity index is 3610. The summed E-state index contributed by atoms with van der Waals surface area (Å²) in [7, 11) is 0. The molecule has 5 heteroatoms. The van der Waals surface area contributed by atoms with Gasteiger partial charge in [0.2, 0.25) is 0 Å². The van der Waals surface area contributed by atoms with E-state index >= 15 is 0 Å². The van der Waals surface area contributed by atoms with Gasteiger partial charge in [-0.15, -0.1) is 0 Å². The van der Waals surface area contributed by atoms with E-state index in [2.05, 4.69) is 234 Å². The van der Waals surface area contributed by atoms with Crippen molar-refractivity contribution in [1.82, 2.24) is 24.1 Å². The first-order valence-electron chi connectivity index (χ1n) is 20.9. The summed E-state index contributed by atoms with van der Waals surface area (Å²) in [5.74, 6) is 1.84. The number of hydrogen-bond donors (Lipinski definition) is 0. The fourth-order valence-electron chi connectivity index (χ4n) is 9.10. The summed E-state index contributed by atoms with van der Waals surface area (Å²) in [5.41, 5.74) is 14.1. The van der Waals surface area contributed by atoms with E-state index in [-0.39, 0.29) is 0 Å². The van der Waals surface area contributed by atoms with E-state index in [0.717, 1.165) is 72.0 Å². The van der Waals surface area contributed by atoms with Gasteiger partial charge in [0, 0.05) is 49.6 Å². The minimum atomic E-state index is 0.611. The number of benzene rings is 9. The third-order valence-corrected chi connectivity index (χ3v) is 12.0. The lowest BCUT2D eigenvalue weighted by molar-refractivity contribution is 1.08. The predicted molar refractivity (Wildman–Crippen MR) is 256 cm³/mol. The Hall–Kier alpha value is -8.41. The lowest BCUT2D eigenvalue weighted by atomic mass is 9.98. The molecule has 0 aliphatic heterocycles. The quantitative estimate of drug-likeness (QED) is 0.162. The first-order valence-corrected chi connectivity index (χ1v) is 20.9. The average molecular weight is 792 g/mol. The number of nitrogens with zero attached hydrogens (tertiary/aromatic N) is 5. The zero-order valence-corrected chi connectivity index (χ0v) is 33.6. The highest BCUT2D eigenvalue weighted by Gasteiger charge is 2.21. The van der Waals surface area contributed by atoms with Crippen molar-refractivity contribution in [3.05, 3.63) is 224 Å². The zero-order chi connectivity index (χ0) is 41.0. The Labute approximate surface area is 358 Å². The molecule has 5 nitrogen and oxygen atoms in total. The van der Waals surface area contributed by atoms with E-state index in [1.54, 1.807) is 0 Å². The summed E-state index contributed by atoms with van der Waals surface area (Å²) >= 11 is 0. The second-order valence-corrected chi connectivity index (χ2v) is 15.6. The van der Waals surface area contributed by atoms with Crippen LogP contribution >= 0.6 is 0 Å². The average Bonchev–Trinajstić information content (AvgIpc) is 3.87. The highest BCUT2D eigenvalue weighted by Crippen LogP contribution is 2.40. The maximum Gasteiger partial charge on any atom is 0.164 e. The van der Waals surface area contributed by atoms with Gasteiger partial charge in [-0.25, -0.2) is 15.0 Å². The first-order chi connectivity index (χ1) is 30.7. The lowest BCUT2D eigenvalue weighted by Crippen LogP contribution is -2.01. The van der Waals surface area contributed by atoms with Crippen LogP contribution in [0.4, 0.5) is 0 Å². The second kappa shape index (κ2) is 14.7. The van der Waals surface area contributed by atoms with Crippen LogP contribution in [0.2, 0.25) is 0 Å². The van der Waals surface area contributed by atoms with Crippen LogP contribution in [-0.4, -0.2) is 24.1 Å². The SMILES string of the molecule is c1ccc(-c2cccc(-c3ccc(-c4nc(-c5ccc6c7ccccc7n(-c7ccccc7)c6c5)nc(-c5cccc6c5c5ccccc5n6-c5ccccc5)n4)cc3)c2)cc1. The largest absolute Gasteiger partial charge is 0.309 e. The van der Waals surface area contributed by atoms with E-state index in [9.17, 15) is 0 Å². The van der Waals surface area contributed by atoms with Crippen LogP contribution in [0.15, 0.2) is 224 Å². The van der Waals surface area contributed by atoms with Crippen LogP contribution in [0.5, 0.6) is 0 Å². The molecule has 12 aromatic rings. The van der Waals surface area contributed by atoms with Gasteiger partial charge in [-0.05, 0) is 76.9 Å². The number of para-hydroxylation sites is 4. The van der Waals surface area contributed by atoms with Crippen LogP contribution in [0, 0.1) is 0 Å². The van der Waals surface area contributed by atoms with Crippen molar-refractivity contribution in [2.24, 2.45) is 0 Å². The molecule has 0 amide bonds. The zero-order valence-electron chi connectivity index (χ0n) is 33.6. The topological polar surface area (TPSA) is 48.5 Å². The Balaban J connectivity index is 1.06. The molecule has 0 atom stereocenters. The van der Waals surface area contributed by atoms with Crippen LogP contribution in [0.25, 0.3) is 111 Å². The third-order valence-electron chi connectivity index (χ3n) is 12.0. The summed E-state index contributed by atoms with van der Waals surface area (Å²) in [4.78, 5) is 16.0. The molecule has 0 bridgehead atoms. The predicted octanol–water partition coefficient (Wildman–Crippen LogP) is 14.4. The van der Waals surface area contributed by atoms with Crippen LogP contribution in [0.3, 0.4) is 0 Å². The molecule has 0 radical (unpaired) electrons. The van der Waals surface area contributed by atoms with Crippen LogP contribution in [0.1, 0.15) is 0 Å². The van der Waals surface area contributed by atoms with Gasteiger partial charge >= 0.3 is 0 Å². The van der Waals surface area contributed by atoms with Gasteiger partial charge in [-0.2, -0.15) is 0 Å². The molecule has 0 saturated carbocycles. The van der Waals surface area contributed by atoms with Crippen molar-refractivity contribution >= 4 is 43.6 Å². The van der Waals surface area contributed by atoms with E-state index < -0.39 is 0 Å². The number of rotatable bonds is 7. The van der Waals surface area contributed by atoms with E-state index in [1.807, 2.05) is 0 Å². The summed E-state index contributed by atoms with van der Waals surface area (Å²) in [6.07, 6.45) is 0. The Morgan fingerprint density at radius 1 is 0.258 bits per heavy atom. The van der Waals surface area contributed by atoms with Gasteiger partial charge in [0.15, 0.2) is 17.5 Å². The molecule has 0 fully saturated rings. The number of hydrogen-bond acceptors (Lipinski definition) is 3. The van der Waals surface area contributed by atoms with Crippen LogP contribution in [-0.2, 0) is 0 Å². The summed E-state index contributed by atoms with van der Waals surface area (Å²) in [6, 6.07) is 79.1. The summed E-state index contributed by atoms with van der Waals surface area (Å²) < 4.78 is 4.67. The number of aromatic nitrogens is 5. The van der Waals surface area contributed by atoms with Crippen molar-refractivity contribution in [3.8, 4) is 67.8 Å². The molecule has 9 aromatic carbocycles. The molecule has 3 heterocycles. The minimum absolute atomic E-state index is 0.611. The third kappa shape index (κ3) is 5.98. The highest BCUT2D eigenvalue weighted by atomic mass is 15.0. The van der Waals surface area contributed by atoms with Crippen molar-refractivity contribution in [3.63, 3.8) is 0 Å². The lowest BCUT2D eigenvalue weighted by Gasteiger charge is -2.12. The molecule has 0 spiro atoms. The van der Waals surface area contributed by atoms with Gasteiger partial charge < -0.3 is 9.13 Å². The molecule has 0 saturated heterocycles. The minimum Gasteiger partial charge on any atom is -0.309 e. The van der Waals surface area contributed by atoms with Gasteiger partial charge in [0.25, 0.3) is 0 Å². The molecule has 62 heavy (non-hydrogen) atoms. The van der Waals surface area contributed by atoms with Gasteiger partial charge in [-0.1, -0.05) is 170 Å². The van der Waals surface area contributed by atoms with Gasteiger partial charge in [0.05, 0.1) is 22.1 Å². The molecule has 0 aliphatic carbocycles. The molecular formula is C57H37N5. The molecule has 0 N–H and O–H groups in total. The van der Waals surface area contributed by atoms with E-state index in [4.69, 9.17) is 15.0 Å². The molecule has 0 aliphatic rings. The van der Waals surface area contributed by atoms with Crippen molar-refractivity contribution < 1.29 is 0 Å². The Morgan fingerprint density at radius 2 is 0.710 bits per heavy atom. The molecule has 12 rings (SSSR count). The fourth-order valence-corrected chi connectivity index (χ4v) is 9.10. The second-order valence-electron chi connectivity index (χ2n) is 15.6. The maximum atomic E-state index is 5.36. The fraction of sp³-hybridized carbons (Fsp3) is 0. The molecule has 0 unspecified atom stereocenters. The normalized spacial score (nSPS) is 11.5. The molecule has 3 aromatic heterocycles.